The van der Waals surface area contributed by atoms with Crippen LogP contribution in [-0.4, -0.2) is 18.5 Å². The number of halogens is 2. The van der Waals surface area contributed by atoms with Gasteiger partial charge in [0.1, 0.15) is 6.04 Å². The van der Waals surface area contributed by atoms with Gasteiger partial charge in [0.2, 0.25) is 0 Å². The summed E-state index contributed by atoms with van der Waals surface area (Å²) in [6.45, 7) is 0.241. The molecule has 0 radical (unpaired) electrons. The molecule has 0 unspecified atom stereocenters. The Labute approximate surface area is 57.8 Å². The van der Waals surface area contributed by atoms with E-state index >= 15 is 0 Å². The zero-order valence-electron chi connectivity index (χ0n) is 5.40. The van der Waals surface area contributed by atoms with E-state index in [1.54, 1.807) is 6.07 Å². The number of nitriles is 1. The summed E-state index contributed by atoms with van der Waals surface area (Å²) in [6, 6.07) is 1.11. The van der Waals surface area contributed by atoms with Gasteiger partial charge in [0.25, 0.3) is 5.92 Å². The lowest BCUT2D eigenvalue weighted by molar-refractivity contribution is -0.0347. The number of nitrogens with zero attached hydrogens (tertiary/aromatic N) is 1. The second kappa shape index (κ2) is 2.51. The van der Waals surface area contributed by atoms with Crippen molar-refractivity contribution >= 4 is 0 Å². The first-order valence-corrected chi connectivity index (χ1v) is 3.15. The molecule has 0 spiro atoms. The quantitative estimate of drug-likeness (QED) is 0.551. The lowest BCUT2D eigenvalue weighted by Gasteiger charge is -2.25. The van der Waals surface area contributed by atoms with Crippen LogP contribution in [0.4, 0.5) is 8.78 Å². The molecule has 0 aromatic heterocycles. The van der Waals surface area contributed by atoms with E-state index in [0.717, 1.165) is 0 Å². The van der Waals surface area contributed by atoms with E-state index in [2.05, 4.69) is 5.32 Å². The van der Waals surface area contributed by atoms with E-state index in [4.69, 9.17) is 5.26 Å². The van der Waals surface area contributed by atoms with Gasteiger partial charge in [0.05, 0.1) is 6.07 Å². The lowest BCUT2D eigenvalue weighted by atomic mass is 10.0. The van der Waals surface area contributed by atoms with Crippen molar-refractivity contribution in [1.82, 2.24) is 5.32 Å². The predicted molar refractivity (Wildman–Crippen MR) is 31.6 cm³/mol. The van der Waals surface area contributed by atoms with Gasteiger partial charge in [-0.1, -0.05) is 0 Å². The third kappa shape index (κ3) is 1.64. The van der Waals surface area contributed by atoms with Gasteiger partial charge in [0, 0.05) is 19.4 Å². The molecule has 1 aliphatic heterocycles. The Kier molecular flexibility index (Phi) is 1.86. The molecule has 1 fully saturated rings. The average molecular weight is 146 g/mol. The van der Waals surface area contributed by atoms with E-state index in [1.165, 1.54) is 0 Å². The first-order valence-electron chi connectivity index (χ1n) is 3.15. The van der Waals surface area contributed by atoms with Crippen LogP contribution in [0, 0.1) is 11.3 Å². The Morgan fingerprint density at radius 3 is 2.70 bits per heavy atom. The molecule has 0 aromatic rings. The highest BCUT2D eigenvalue weighted by Crippen LogP contribution is 2.26. The zero-order chi connectivity index (χ0) is 7.61. The van der Waals surface area contributed by atoms with Gasteiger partial charge in [-0.15, -0.1) is 0 Å². The highest BCUT2D eigenvalue weighted by atomic mass is 19.3. The molecular formula is C6H8F2N2. The van der Waals surface area contributed by atoms with Crippen LogP contribution in [0.5, 0.6) is 0 Å². The predicted octanol–water partition coefficient (Wildman–Crippen LogP) is 0.897. The van der Waals surface area contributed by atoms with Crippen molar-refractivity contribution in [3.63, 3.8) is 0 Å². The van der Waals surface area contributed by atoms with E-state index < -0.39 is 12.0 Å². The molecule has 0 aromatic carbocycles. The molecule has 0 saturated carbocycles. The molecule has 10 heavy (non-hydrogen) atoms. The number of piperidine rings is 1. The molecule has 2 nitrogen and oxygen atoms in total. The van der Waals surface area contributed by atoms with E-state index in [9.17, 15) is 8.78 Å². The summed E-state index contributed by atoms with van der Waals surface area (Å²) in [4.78, 5) is 0. The Balaban J connectivity index is 2.49. The molecule has 1 rings (SSSR count). The summed E-state index contributed by atoms with van der Waals surface area (Å²) in [7, 11) is 0. The van der Waals surface area contributed by atoms with Gasteiger partial charge in [-0.05, 0) is 0 Å². The van der Waals surface area contributed by atoms with Crippen LogP contribution in [0.25, 0.3) is 0 Å². The number of hydrogen-bond donors (Lipinski definition) is 1. The smallest absolute Gasteiger partial charge is 0.251 e. The topological polar surface area (TPSA) is 35.8 Å². The van der Waals surface area contributed by atoms with Crippen LogP contribution in [0.1, 0.15) is 12.8 Å². The highest BCUT2D eigenvalue weighted by molar-refractivity contribution is 4.96. The van der Waals surface area contributed by atoms with Crippen molar-refractivity contribution in [1.29, 1.82) is 5.26 Å². The second-order valence-corrected chi connectivity index (χ2v) is 2.45. The Hall–Kier alpha value is -0.690. The van der Waals surface area contributed by atoms with E-state index in [-0.39, 0.29) is 19.4 Å². The second-order valence-electron chi connectivity index (χ2n) is 2.45. The molecule has 0 bridgehead atoms. The normalized spacial score (nSPS) is 31.1. The van der Waals surface area contributed by atoms with Crippen molar-refractivity contribution in [2.24, 2.45) is 0 Å². The molecule has 0 aliphatic carbocycles. The Morgan fingerprint density at radius 2 is 2.30 bits per heavy atom. The Bertz CT molecular complexity index is 162. The van der Waals surface area contributed by atoms with Crippen LogP contribution in [-0.2, 0) is 0 Å². The van der Waals surface area contributed by atoms with E-state index in [0.29, 0.717) is 0 Å². The van der Waals surface area contributed by atoms with Gasteiger partial charge in [0.15, 0.2) is 0 Å². The van der Waals surface area contributed by atoms with Crippen molar-refractivity contribution in [3.8, 4) is 6.07 Å². The number of nitrogens with one attached hydrogen (secondary N) is 1. The van der Waals surface area contributed by atoms with Gasteiger partial charge in [-0.2, -0.15) is 5.26 Å². The minimum Gasteiger partial charge on any atom is -0.302 e. The third-order valence-electron chi connectivity index (χ3n) is 1.54. The van der Waals surface area contributed by atoms with Crippen molar-refractivity contribution in [3.05, 3.63) is 0 Å². The maximum Gasteiger partial charge on any atom is 0.251 e. The molecule has 56 valence electrons. The molecule has 0 amide bonds. The summed E-state index contributed by atoms with van der Waals surface area (Å²) in [5.41, 5.74) is 0. The monoisotopic (exact) mass is 146 g/mol. The minimum absolute atomic E-state index is 0.148. The molecule has 1 aliphatic rings. The molecule has 1 saturated heterocycles. The number of alkyl halides is 2. The molecule has 1 N–H and O–H groups in total. The van der Waals surface area contributed by atoms with Crippen LogP contribution in [0.3, 0.4) is 0 Å². The fraction of sp³-hybridized carbons (Fsp3) is 0.833. The average Bonchev–Trinajstić information content (AvgIpc) is 1.86. The largest absolute Gasteiger partial charge is 0.302 e. The maximum absolute atomic E-state index is 12.5. The number of hydrogen-bond acceptors (Lipinski definition) is 2. The minimum atomic E-state index is -2.63. The summed E-state index contributed by atoms with van der Waals surface area (Å²) in [5.74, 6) is -2.63. The van der Waals surface area contributed by atoms with Crippen molar-refractivity contribution in [2.75, 3.05) is 6.54 Å². The standard InChI is InChI=1S/C6H8F2N2/c7-6(8)1-2-10-5(3-6)4-9/h5,10H,1-3H2/t5-/m0/s1. The first-order chi connectivity index (χ1) is 4.64. The van der Waals surface area contributed by atoms with Crippen LogP contribution in [0.2, 0.25) is 0 Å². The summed E-state index contributed by atoms with van der Waals surface area (Å²) >= 11 is 0. The van der Waals surface area contributed by atoms with Gasteiger partial charge < -0.3 is 5.32 Å². The Morgan fingerprint density at radius 1 is 1.60 bits per heavy atom. The highest BCUT2D eigenvalue weighted by Gasteiger charge is 2.35. The first kappa shape index (κ1) is 7.42. The number of rotatable bonds is 0. The van der Waals surface area contributed by atoms with Gasteiger partial charge >= 0.3 is 0 Å². The van der Waals surface area contributed by atoms with Crippen LogP contribution in [0.15, 0.2) is 0 Å². The SMILES string of the molecule is N#C[C@@H]1CC(F)(F)CCN1. The molecule has 1 atom stereocenters. The molecule has 1 heterocycles. The van der Waals surface area contributed by atoms with Crippen molar-refractivity contribution in [2.45, 2.75) is 24.8 Å². The fourth-order valence-electron chi connectivity index (χ4n) is 0.993. The van der Waals surface area contributed by atoms with Crippen LogP contribution < -0.4 is 5.32 Å². The van der Waals surface area contributed by atoms with Crippen molar-refractivity contribution < 1.29 is 8.78 Å². The summed E-state index contributed by atoms with van der Waals surface area (Å²) in [6.07, 6.45) is -0.491. The zero-order valence-corrected chi connectivity index (χ0v) is 5.40. The maximum atomic E-state index is 12.5. The molecular weight excluding hydrogens is 138 g/mol. The third-order valence-corrected chi connectivity index (χ3v) is 1.54. The fourth-order valence-corrected chi connectivity index (χ4v) is 0.993. The van der Waals surface area contributed by atoms with Gasteiger partial charge in [-0.25, -0.2) is 8.78 Å². The summed E-state index contributed by atoms with van der Waals surface area (Å²) < 4.78 is 24.9. The molecule has 4 heteroatoms. The van der Waals surface area contributed by atoms with E-state index in [1.807, 2.05) is 0 Å². The summed E-state index contributed by atoms with van der Waals surface area (Å²) in [5, 5.41) is 11.0. The lowest BCUT2D eigenvalue weighted by Crippen LogP contribution is -2.42. The van der Waals surface area contributed by atoms with Crippen LogP contribution >= 0.6 is 0 Å². The van der Waals surface area contributed by atoms with Gasteiger partial charge in [-0.3, -0.25) is 0 Å².